The number of rotatable bonds is 2. The van der Waals surface area contributed by atoms with Gasteiger partial charge in [0.15, 0.2) is 0 Å². The Morgan fingerprint density at radius 3 is 2.12 bits per heavy atom. The molecule has 1 saturated heterocycles. The third kappa shape index (κ3) is 4.01. The smallest absolute Gasteiger partial charge is 0.322 e. The zero-order valence-electron chi connectivity index (χ0n) is 13.5. The first-order chi connectivity index (χ1) is 11.4. The summed E-state index contributed by atoms with van der Waals surface area (Å²) in [6, 6.07) is 4.94. The maximum atomic E-state index is 12.5. The van der Waals surface area contributed by atoms with E-state index < -0.39 is 11.7 Å². The Kier molecular flexibility index (Phi) is 4.99. The van der Waals surface area contributed by atoms with Gasteiger partial charge in [-0.25, -0.2) is 4.79 Å². The molecule has 1 heterocycles. The minimum absolute atomic E-state index is 0.249. The predicted molar refractivity (Wildman–Crippen MR) is 85.9 cm³/mol. The van der Waals surface area contributed by atoms with E-state index >= 15 is 0 Å². The number of urea groups is 1. The van der Waals surface area contributed by atoms with Gasteiger partial charge in [-0.3, -0.25) is 4.90 Å². The maximum Gasteiger partial charge on any atom is 0.416 e. The second-order valence-corrected chi connectivity index (χ2v) is 6.47. The van der Waals surface area contributed by atoms with Gasteiger partial charge in [-0.1, -0.05) is 12.8 Å². The molecule has 0 spiro atoms. The van der Waals surface area contributed by atoms with Crippen LogP contribution in [0.1, 0.15) is 31.2 Å². The van der Waals surface area contributed by atoms with E-state index in [1.807, 2.05) is 0 Å². The van der Waals surface area contributed by atoms with Gasteiger partial charge in [-0.2, -0.15) is 13.2 Å². The second kappa shape index (κ2) is 7.01. The second-order valence-electron chi connectivity index (χ2n) is 6.47. The van der Waals surface area contributed by atoms with E-state index in [9.17, 15) is 18.0 Å². The van der Waals surface area contributed by atoms with Crippen molar-refractivity contribution in [1.82, 2.24) is 9.80 Å². The summed E-state index contributed by atoms with van der Waals surface area (Å²) in [7, 11) is 0. The molecule has 1 N–H and O–H groups in total. The summed E-state index contributed by atoms with van der Waals surface area (Å²) in [6.07, 6.45) is 0.715. The minimum Gasteiger partial charge on any atom is -0.322 e. The van der Waals surface area contributed by atoms with Crippen LogP contribution in [0.5, 0.6) is 0 Å². The van der Waals surface area contributed by atoms with E-state index in [-0.39, 0.29) is 6.03 Å². The Bertz CT molecular complexity index is 559. The van der Waals surface area contributed by atoms with Gasteiger partial charge in [0.25, 0.3) is 0 Å². The quantitative estimate of drug-likeness (QED) is 0.888. The molecule has 7 heteroatoms. The molecule has 4 nitrogen and oxygen atoms in total. The summed E-state index contributed by atoms with van der Waals surface area (Å²) in [5.74, 6) is 0. The number of nitrogens with zero attached hydrogens (tertiary/aromatic N) is 2. The Labute approximate surface area is 139 Å². The Balaban J connectivity index is 1.50. The first-order valence-corrected chi connectivity index (χ1v) is 8.41. The fourth-order valence-corrected chi connectivity index (χ4v) is 3.50. The van der Waals surface area contributed by atoms with Gasteiger partial charge in [0.1, 0.15) is 0 Å². The number of amides is 2. The van der Waals surface area contributed by atoms with Gasteiger partial charge < -0.3 is 10.2 Å². The van der Waals surface area contributed by atoms with Gasteiger partial charge >= 0.3 is 12.2 Å². The fraction of sp³-hybridized carbons (Fsp3) is 0.588. The summed E-state index contributed by atoms with van der Waals surface area (Å²) in [6.45, 7) is 3.04. The third-order valence-corrected chi connectivity index (χ3v) is 4.91. The van der Waals surface area contributed by atoms with E-state index in [0.29, 0.717) is 24.8 Å². The number of halogens is 3. The molecule has 1 aromatic rings. The van der Waals surface area contributed by atoms with Crippen molar-refractivity contribution < 1.29 is 18.0 Å². The topological polar surface area (TPSA) is 35.6 Å². The van der Waals surface area contributed by atoms with Crippen LogP contribution in [0, 0.1) is 0 Å². The number of anilines is 1. The van der Waals surface area contributed by atoms with Gasteiger partial charge in [0.2, 0.25) is 0 Å². The van der Waals surface area contributed by atoms with Crippen molar-refractivity contribution in [3.05, 3.63) is 29.8 Å². The van der Waals surface area contributed by atoms with E-state index in [0.717, 1.165) is 25.2 Å². The van der Waals surface area contributed by atoms with Crippen LogP contribution in [0.2, 0.25) is 0 Å². The summed E-state index contributed by atoms with van der Waals surface area (Å²) in [5.41, 5.74) is -0.336. The molecule has 0 aromatic heterocycles. The molecule has 3 rings (SSSR count). The Hall–Kier alpha value is -1.76. The van der Waals surface area contributed by atoms with Crippen LogP contribution in [0.25, 0.3) is 0 Å². The van der Waals surface area contributed by atoms with Crippen LogP contribution >= 0.6 is 0 Å². The fourth-order valence-electron chi connectivity index (χ4n) is 3.50. The summed E-state index contributed by atoms with van der Waals surface area (Å²) >= 11 is 0. The van der Waals surface area contributed by atoms with E-state index in [1.165, 1.54) is 37.8 Å². The van der Waals surface area contributed by atoms with Crippen LogP contribution in [0.15, 0.2) is 24.3 Å². The van der Waals surface area contributed by atoms with Crippen LogP contribution in [-0.2, 0) is 6.18 Å². The van der Waals surface area contributed by atoms with Crippen molar-refractivity contribution in [3.63, 3.8) is 0 Å². The number of carbonyl (C=O) groups is 1. The van der Waals surface area contributed by atoms with E-state index in [1.54, 1.807) is 4.90 Å². The number of benzene rings is 1. The molecule has 1 aromatic carbocycles. The van der Waals surface area contributed by atoms with E-state index in [4.69, 9.17) is 0 Å². The van der Waals surface area contributed by atoms with Crippen LogP contribution in [0.3, 0.4) is 0 Å². The van der Waals surface area contributed by atoms with Crippen molar-refractivity contribution in [1.29, 1.82) is 0 Å². The first-order valence-electron chi connectivity index (χ1n) is 8.41. The lowest BCUT2D eigenvalue weighted by molar-refractivity contribution is -0.137. The van der Waals surface area contributed by atoms with Crippen molar-refractivity contribution in [3.8, 4) is 0 Å². The molecule has 0 atom stereocenters. The number of alkyl halides is 3. The maximum absolute atomic E-state index is 12.5. The molecule has 0 bridgehead atoms. The van der Waals surface area contributed by atoms with Gasteiger partial charge in [-0.15, -0.1) is 0 Å². The van der Waals surface area contributed by atoms with Crippen LogP contribution < -0.4 is 5.32 Å². The summed E-state index contributed by atoms with van der Waals surface area (Å²) < 4.78 is 37.6. The zero-order chi connectivity index (χ0) is 17.2. The van der Waals surface area contributed by atoms with Gasteiger partial charge in [-0.05, 0) is 37.1 Å². The third-order valence-electron chi connectivity index (χ3n) is 4.91. The van der Waals surface area contributed by atoms with Crippen molar-refractivity contribution in [2.45, 2.75) is 37.9 Å². The normalized spacial score (nSPS) is 20.4. The molecule has 132 valence electrons. The van der Waals surface area contributed by atoms with Gasteiger partial charge in [0.05, 0.1) is 5.56 Å². The molecule has 1 saturated carbocycles. The highest BCUT2D eigenvalue weighted by Crippen LogP contribution is 2.30. The van der Waals surface area contributed by atoms with Crippen molar-refractivity contribution >= 4 is 11.7 Å². The lowest BCUT2D eigenvalue weighted by Gasteiger charge is -2.38. The molecule has 1 aliphatic heterocycles. The summed E-state index contributed by atoms with van der Waals surface area (Å²) in [5, 5.41) is 2.68. The number of hydrogen-bond acceptors (Lipinski definition) is 2. The zero-order valence-corrected chi connectivity index (χ0v) is 13.5. The largest absolute Gasteiger partial charge is 0.416 e. The highest BCUT2D eigenvalue weighted by molar-refractivity contribution is 5.89. The SMILES string of the molecule is O=C(Nc1ccc(C(F)(F)F)cc1)N1CCN(C2CCCC2)CC1. The lowest BCUT2D eigenvalue weighted by atomic mass is 10.2. The van der Waals surface area contributed by atoms with Crippen LogP contribution in [0.4, 0.5) is 23.7 Å². The van der Waals surface area contributed by atoms with Gasteiger partial charge in [0, 0.05) is 37.9 Å². The number of piperazine rings is 1. The molecule has 2 amide bonds. The monoisotopic (exact) mass is 341 g/mol. The summed E-state index contributed by atoms with van der Waals surface area (Å²) in [4.78, 5) is 16.4. The number of nitrogens with one attached hydrogen (secondary N) is 1. The standard InChI is InChI=1S/C17H22F3N3O/c18-17(19,20)13-5-7-14(8-6-13)21-16(24)23-11-9-22(10-12-23)15-3-1-2-4-15/h5-8,15H,1-4,9-12H2,(H,21,24). The average Bonchev–Trinajstić information content (AvgIpc) is 3.09. The molecule has 1 aliphatic carbocycles. The Morgan fingerprint density at radius 1 is 1.00 bits per heavy atom. The molecular formula is C17H22F3N3O. The highest BCUT2D eigenvalue weighted by atomic mass is 19.4. The molecule has 24 heavy (non-hydrogen) atoms. The molecule has 0 radical (unpaired) electrons. The van der Waals surface area contributed by atoms with Crippen molar-refractivity contribution in [2.24, 2.45) is 0 Å². The number of carbonyl (C=O) groups excluding carboxylic acids is 1. The lowest BCUT2D eigenvalue weighted by Crippen LogP contribution is -2.52. The first kappa shape index (κ1) is 17.1. The van der Waals surface area contributed by atoms with Crippen molar-refractivity contribution in [2.75, 3.05) is 31.5 Å². The molecular weight excluding hydrogens is 319 g/mol. The molecule has 2 aliphatic rings. The molecule has 2 fully saturated rings. The number of hydrogen-bond donors (Lipinski definition) is 1. The Morgan fingerprint density at radius 2 is 1.58 bits per heavy atom. The highest BCUT2D eigenvalue weighted by Gasteiger charge is 2.30. The minimum atomic E-state index is -4.36. The van der Waals surface area contributed by atoms with E-state index in [2.05, 4.69) is 10.2 Å². The molecule has 0 unspecified atom stereocenters. The average molecular weight is 341 g/mol. The predicted octanol–water partition coefficient (Wildman–Crippen LogP) is 3.80. The van der Waals surface area contributed by atoms with Crippen LogP contribution in [-0.4, -0.2) is 48.1 Å².